The van der Waals surface area contributed by atoms with E-state index in [9.17, 15) is 0 Å². The first-order valence-electron chi connectivity index (χ1n) is 8.42. The molecule has 1 atom stereocenters. The van der Waals surface area contributed by atoms with Gasteiger partial charge in [-0.1, -0.05) is 71.8 Å². The maximum atomic E-state index is 8.36. The van der Waals surface area contributed by atoms with Crippen LogP contribution in [0.25, 0.3) is 6.08 Å². The van der Waals surface area contributed by atoms with Gasteiger partial charge in [-0.2, -0.15) is 0 Å². The van der Waals surface area contributed by atoms with Crippen LogP contribution in [0.3, 0.4) is 0 Å². The van der Waals surface area contributed by atoms with Crippen molar-refractivity contribution in [3.05, 3.63) is 105 Å². The number of imidazole rings is 1. The standard InChI is InChI=1S/C20H18Cl2N2.HNO3/c21-19-10-3-1-6-16(19)7-5-8-17(14-24-13-12-23-15-24)18-9-2-4-11-20(18)22;2-1(3)4/h1-7,9-13,15,17H,8,14H2;(H,2,3,4). The molecule has 2 aromatic carbocycles. The molecule has 3 aromatic rings. The highest BCUT2D eigenvalue weighted by Crippen LogP contribution is 2.29. The van der Waals surface area contributed by atoms with Crippen LogP contribution in [-0.4, -0.2) is 19.8 Å². The van der Waals surface area contributed by atoms with Gasteiger partial charge in [0.25, 0.3) is 5.09 Å². The molecule has 1 N–H and O–H groups in total. The van der Waals surface area contributed by atoms with Crippen LogP contribution in [0.1, 0.15) is 23.5 Å². The maximum Gasteiger partial charge on any atom is 0.291 e. The predicted octanol–water partition coefficient (Wildman–Crippen LogP) is 5.73. The smallest absolute Gasteiger partial charge is 0.291 e. The second-order valence-corrected chi connectivity index (χ2v) is 6.69. The molecule has 146 valence electrons. The summed E-state index contributed by atoms with van der Waals surface area (Å²) >= 11 is 12.6. The highest BCUT2D eigenvalue weighted by atomic mass is 35.5. The summed E-state index contributed by atoms with van der Waals surface area (Å²) in [5, 5.41) is 15.2. The molecule has 1 heterocycles. The van der Waals surface area contributed by atoms with Gasteiger partial charge in [0, 0.05) is 34.9 Å². The molecular weight excluding hydrogens is 401 g/mol. The second kappa shape index (κ2) is 11.1. The van der Waals surface area contributed by atoms with Crippen molar-refractivity contribution < 1.29 is 10.3 Å². The maximum absolute atomic E-state index is 8.36. The van der Waals surface area contributed by atoms with E-state index in [2.05, 4.69) is 27.8 Å². The van der Waals surface area contributed by atoms with E-state index in [0.29, 0.717) is 0 Å². The highest BCUT2D eigenvalue weighted by Gasteiger charge is 2.14. The van der Waals surface area contributed by atoms with Gasteiger partial charge in [0.05, 0.1) is 6.33 Å². The number of hydrogen-bond acceptors (Lipinski definition) is 3. The molecule has 0 aliphatic carbocycles. The number of nitrogens with zero attached hydrogens (tertiary/aromatic N) is 3. The summed E-state index contributed by atoms with van der Waals surface area (Å²) in [6, 6.07) is 15.9. The molecule has 0 fully saturated rings. The number of aromatic nitrogens is 2. The minimum absolute atomic E-state index is 0.270. The fraction of sp³-hybridized carbons (Fsp3) is 0.150. The van der Waals surface area contributed by atoms with Crippen LogP contribution in [0.2, 0.25) is 10.0 Å². The van der Waals surface area contributed by atoms with Crippen molar-refractivity contribution in [2.45, 2.75) is 18.9 Å². The van der Waals surface area contributed by atoms with Gasteiger partial charge >= 0.3 is 0 Å². The Kier molecular flexibility index (Phi) is 8.52. The lowest BCUT2D eigenvalue weighted by atomic mass is 9.95. The first-order valence-corrected chi connectivity index (χ1v) is 9.17. The van der Waals surface area contributed by atoms with Crippen LogP contribution < -0.4 is 0 Å². The van der Waals surface area contributed by atoms with E-state index in [-0.39, 0.29) is 5.92 Å². The van der Waals surface area contributed by atoms with Crippen molar-refractivity contribution in [1.29, 1.82) is 0 Å². The molecule has 0 spiro atoms. The van der Waals surface area contributed by atoms with Crippen LogP contribution in [0.5, 0.6) is 0 Å². The van der Waals surface area contributed by atoms with E-state index in [1.165, 1.54) is 0 Å². The van der Waals surface area contributed by atoms with Crippen LogP contribution in [0.4, 0.5) is 0 Å². The molecule has 1 aromatic heterocycles. The first kappa shape index (κ1) is 21.5. The van der Waals surface area contributed by atoms with Gasteiger partial charge in [-0.15, -0.1) is 10.1 Å². The summed E-state index contributed by atoms with van der Waals surface area (Å²) in [6.45, 7) is 0.830. The Balaban J connectivity index is 0.000000640. The number of rotatable bonds is 6. The summed E-state index contributed by atoms with van der Waals surface area (Å²) in [6.07, 6.45) is 10.7. The number of allylic oxidation sites excluding steroid dienone is 1. The van der Waals surface area contributed by atoms with Gasteiger partial charge in [-0.25, -0.2) is 4.98 Å². The van der Waals surface area contributed by atoms with Crippen molar-refractivity contribution in [1.82, 2.24) is 9.55 Å². The molecule has 0 bridgehead atoms. The Morgan fingerprint density at radius 3 is 2.39 bits per heavy atom. The normalized spacial score (nSPS) is 11.6. The SMILES string of the molecule is Clc1ccccc1C=CCC(Cn1ccnc1)c1ccccc1Cl.O=[N+]([O-])O. The zero-order valence-electron chi connectivity index (χ0n) is 14.9. The second-order valence-electron chi connectivity index (χ2n) is 5.88. The molecule has 28 heavy (non-hydrogen) atoms. The number of benzene rings is 2. The molecule has 0 radical (unpaired) electrons. The number of hydrogen-bond donors (Lipinski definition) is 1. The molecule has 0 saturated carbocycles. The fourth-order valence-corrected chi connectivity index (χ4v) is 3.21. The Morgan fingerprint density at radius 1 is 1.14 bits per heavy atom. The predicted molar refractivity (Wildman–Crippen MR) is 110 cm³/mol. The first-order chi connectivity index (χ1) is 13.5. The van der Waals surface area contributed by atoms with Crippen molar-refractivity contribution >= 4 is 29.3 Å². The Bertz CT molecular complexity index is 911. The molecular formula is C20H19Cl2N3O3. The van der Waals surface area contributed by atoms with Crippen LogP contribution >= 0.6 is 23.2 Å². The summed E-state index contributed by atoms with van der Waals surface area (Å²) in [5.41, 5.74) is 2.18. The lowest BCUT2D eigenvalue weighted by molar-refractivity contribution is -0.742. The zero-order valence-corrected chi connectivity index (χ0v) is 16.4. The molecule has 0 aliphatic heterocycles. The third-order valence-corrected chi connectivity index (χ3v) is 4.65. The Morgan fingerprint density at radius 2 is 1.79 bits per heavy atom. The topological polar surface area (TPSA) is 81.2 Å². The average molecular weight is 420 g/mol. The third-order valence-electron chi connectivity index (χ3n) is 3.96. The van der Waals surface area contributed by atoms with E-state index in [1.807, 2.05) is 55.0 Å². The summed E-state index contributed by atoms with van der Waals surface area (Å²) in [7, 11) is 0. The number of halogens is 2. The zero-order chi connectivity index (χ0) is 20.4. The fourth-order valence-electron chi connectivity index (χ4n) is 2.72. The van der Waals surface area contributed by atoms with Gasteiger partial charge in [0.2, 0.25) is 0 Å². The summed E-state index contributed by atoms with van der Waals surface area (Å²) in [4.78, 5) is 12.5. The molecule has 6 nitrogen and oxygen atoms in total. The van der Waals surface area contributed by atoms with Crippen LogP contribution in [0.15, 0.2) is 73.3 Å². The lowest BCUT2D eigenvalue weighted by Gasteiger charge is -2.17. The van der Waals surface area contributed by atoms with Crippen molar-refractivity contribution in [3.63, 3.8) is 0 Å². The quantitative estimate of drug-likeness (QED) is 0.408. The lowest BCUT2D eigenvalue weighted by Crippen LogP contribution is -2.08. The van der Waals surface area contributed by atoms with Gasteiger partial charge < -0.3 is 9.77 Å². The van der Waals surface area contributed by atoms with Gasteiger partial charge in [-0.05, 0) is 29.7 Å². The molecule has 8 heteroatoms. The molecule has 0 amide bonds. The third kappa shape index (κ3) is 7.06. The summed E-state index contributed by atoms with van der Waals surface area (Å²) < 4.78 is 2.08. The molecule has 0 saturated heterocycles. The van der Waals surface area contributed by atoms with Gasteiger partial charge in [-0.3, -0.25) is 0 Å². The van der Waals surface area contributed by atoms with E-state index < -0.39 is 5.09 Å². The van der Waals surface area contributed by atoms with Gasteiger partial charge in [0.1, 0.15) is 0 Å². The van der Waals surface area contributed by atoms with Crippen LogP contribution in [0, 0.1) is 10.1 Å². The van der Waals surface area contributed by atoms with Gasteiger partial charge in [0.15, 0.2) is 0 Å². The Labute approximate surface area is 172 Å². The monoisotopic (exact) mass is 419 g/mol. The van der Waals surface area contributed by atoms with Crippen molar-refractivity contribution in [2.75, 3.05) is 0 Å². The highest BCUT2D eigenvalue weighted by molar-refractivity contribution is 6.32. The van der Waals surface area contributed by atoms with E-state index in [1.54, 1.807) is 6.20 Å². The minimum atomic E-state index is -1.50. The van der Waals surface area contributed by atoms with E-state index >= 15 is 0 Å². The van der Waals surface area contributed by atoms with Crippen molar-refractivity contribution in [3.8, 4) is 0 Å². The molecule has 0 aliphatic rings. The molecule has 1 unspecified atom stereocenters. The van der Waals surface area contributed by atoms with E-state index in [0.717, 1.165) is 34.1 Å². The van der Waals surface area contributed by atoms with E-state index in [4.69, 9.17) is 38.5 Å². The average Bonchev–Trinajstić information content (AvgIpc) is 3.16. The largest absolute Gasteiger partial charge is 0.337 e. The molecule has 3 rings (SSSR count). The minimum Gasteiger partial charge on any atom is -0.337 e. The Hall–Kier alpha value is -2.83. The van der Waals surface area contributed by atoms with Crippen molar-refractivity contribution in [2.24, 2.45) is 0 Å². The summed E-state index contributed by atoms with van der Waals surface area (Å²) in [5.74, 6) is 0.270. The van der Waals surface area contributed by atoms with Crippen LogP contribution in [-0.2, 0) is 6.54 Å².